The summed E-state index contributed by atoms with van der Waals surface area (Å²) >= 11 is 0. The molecule has 5 rings (SSSR count). The fourth-order valence-corrected chi connectivity index (χ4v) is 9.91. The van der Waals surface area contributed by atoms with Crippen molar-refractivity contribution in [3.63, 3.8) is 0 Å². The normalized spacial score (nSPS) is 50.9. The molecule has 0 aromatic carbocycles. The summed E-state index contributed by atoms with van der Waals surface area (Å²) in [5.74, 6) is -4.52. The highest BCUT2D eigenvalue weighted by Crippen LogP contribution is 2.55. The maximum Gasteiger partial charge on any atom is 0.308 e. The minimum Gasteiger partial charge on any atom is -0.481 e. The Bertz CT molecular complexity index is 1110. The van der Waals surface area contributed by atoms with Crippen LogP contribution in [0.4, 0.5) is 0 Å². The number of methoxy groups -OCH3 is 1. The molecule has 0 bridgehead atoms. The summed E-state index contributed by atoms with van der Waals surface area (Å²) in [6.07, 6.45) is 2.99. The maximum absolute atomic E-state index is 11.8. The summed E-state index contributed by atoms with van der Waals surface area (Å²) in [6, 6.07) is 0. The second-order valence-corrected chi connectivity index (χ2v) is 16.3. The first-order valence-corrected chi connectivity index (χ1v) is 18.1. The van der Waals surface area contributed by atoms with Crippen LogP contribution in [0.2, 0.25) is 0 Å². The molecule has 47 heavy (non-hydrogen) atoms. The highest BCUT2D eigenvalue weighted by molar-refractivity contribution is 5.70. The number of hydrogen-bond acceptors (Lipinski definition) is 10. The van der Waals surface area contributed by atoms with Crippen LogP contribution in [0.5, 0.6) is 0 Å². The summed E-state index contributed by atoms with van der Waals surface area (Å²) in [6.45, 7) is 15.6. The van der Waals surface area contributed by atoms with E-state index >= 15 is 0 Å². The Balaban J connectivity index is 1.29. The van der Waals surface area contributed by atoms with Gasteiger partial charge in [0.15, 0.2) is 11.6 Å². The van der Waals surface area contributed by atoms with Gasteiger partial charge < -0.3 is 48.8 Å². The van der Waals surface area contributed by atoms with Crippen LogP contribution in [-0.4, -0.2) is 106 Å². The van der Waals surface area contributed by atoms with Crippen LogP contribution >= 0.6 is 0 Å². The van der Waals surface area contributed by atoms with E-state index in [0.717, 1.165) is 32.1 Å². The molecular formula is C36H62O11. The fourth-order valence-electron chi connectivity index (χ4n) is 9.91. The number of rotatable bonds is 10. The van der Waals surface area contributed by atoms with E-state index in [-0.39, 0.29) is 54.0 Å². The zero-order valence-corrected chi connectivity index (χ0v) is 30.0. The quantitative estimate of drug-likeness (QED) is 0.264. The zero-order chi connectivity index (χ0) is 34.7. The average Bonchev–Trinajstić information content (AvgIpc) is 3.73. The van der Waals surface area contributed by atoms with Gasteiger partial charge in [0, 0.05) is 37.7 Å². The Labute approximate surface area is 281 Å². The summed E-state index contributed by atoms with van der Waals surface area (Å²) in [7, 11) is 1.52. The summed E-state index contributed by atoms with van der Waals surface area (Å²) in [5.41, 5.74) is -1.15. The molecule has 5 heterocycles. The third kappa shape index (κ3) is 6.67. The van der Waals surface area contributed by atoms with Crippen molar-refractivity contribution in [2.24, 2.45) is 35.5 Å². The Morgan fingerprint density at radius 1 is 1.02 bits per heavy atom. The number of aliphatic carboxylic acids is 1. The maximum atomic E-state index is 11.8. The van der Waals surface area contributed by atoms with Gasteiger partial charge in [0.2, 0.25) is 0 Å². The van der Waals surface area contributed by atoms with Crippen molar-refractivity contribution >= 4 is 5.97 Å². The molecule has 1 unspecified atom stereocenters. The lowest BCUT2D eigenvalue weighted by atomic mass is 9.78. The lowest BCUT2D eigenvalue weighted by Crippen LogP contribution is -2.57. The fraction of sp³-hybridized carbons (Fsp3) is 0.972. The van der Waals surface area contributed by atoms with E-state index in [1.54, 1.807) is 6.92 Å². The molecule has 0 aromatic heterocycles. The predicted molar refractivity (Wildman–Crippen MR) is 172 cm³/mol. The van der Waals surface area contributed by atoms with Crippen molar-refractivity contribution in [3.8, 4) is 0 Å². The van der Waals surface area contributed by atoms with Crippen molar-refractivity contribution in [1.82, 2.24) is 0 Å². The van der Waals surface area contributed by atoms with E-state index in [2.05, 4.69) is 27.7 Å². The summed E-state index contributed by atoms with van der Waals surface area (Å²) in [4.78, 5) is 11.8. The lowest BCUT2D eigenvalue weighted by Gasteiger charge is -2.49. The second-order valence-electron chi connectivity index (χ2n) is 16.3. The van der Waals surface area contributed by atoms with Gasteiger partial charge in [-0.1, -0.05) is 41.5 Å². The molecule has 0 saturated carbocycles. The van der Waals surface area contributed by atoms with Crippen LogP contribution in [-0.2, 0) is 33.2 Å². The van der Waals surface area contributed by atoms with Gasteiger partial charge in [-0.25, -0.2) is 0 Å². The van der Waals surface area contributed by atoms with Crippen molar-refractivity contribution < 1.29 is 53.6 Å². The molecule has 5 aliphatic rings. The average molecular weight is 671 g/mol. The smallest absolute Gasteiger partial charge is 0.308 e. The number of ether oxygens (including phenoxy) is 6. The topological polar surface area (TPSA) is 153 Å². The predicted octanol–water partition coefficient (Wildman–Crippen LogP) is 4.27. The van der Waals surface area contributed by atoms with E-state index in [0.29, 0.717) is 19.3 Å². The van der Waals surface area contributed by atoms with E-state index in [1.165, 1.54) is 7.11 Å². The standard InChI is InChI=1S/C36H62O11/c1-10-34(31-20(3)16-26(43-31)28-19(2)15-21(4)36(41,18-37)46-28)12-11-27(44-34)33(8)13-14-35(47-33)17-25(38)22(5)30(45-35)23(6)29(42-9)24(7)32(39)40/h19-31,37-38,41H,10-18H2,1-9H3,(H,39,40)/t19-,20-,21+,22+,23+,24-,25-,26?,27+,28-,29+,30-,31+,33-,34-,35+,36-/m1/s1. The molecule has 4 N–H and O–H groups in total. The monoisotopic (exact) mass is 670 g/mol. The van der Waals surface area contributed by atoms with Gasteiger partial charge in [0.1, 0.15) is 0 Å². The minimum atomic E-state index is -1.56. The van der Waals surface area contributed by atoms with Crippen LogP contribution in [0.25, 0.3) is 0 Å². The number of carbonyl (C=O) groups is 1. The van der Waals surface area contributed by atoms with Crippen molar-refractivity contribution in [2.45, 2.75) is 172 Å². The second kappa shape index (κ2) is 13.7. The third-order valence-corrected chi connectivity index (χ3v) is 13.0. The SMILES string of the molecule is CC[C@]1([C@H]2OC([C@@H]3O[C@](O)(CO)[C@@H](C)C[C@H]3C)C[C@H]2C)CC[C@@H]([C@@]2(C)CC[C@@]3(C[C@@H](O)[C@H](C)[C@H]([C@@H](C)[C@H](OC)[C@@H](C)C(=O)O)O3)O2)O1. The minimum absolute atomic E-state index is 0.153. The highest BCUT2D eigenvalue weighted by Gasteiger charge is 2.62. The molecule has 11 nitrogen and oxygen atoms in total. The van der Waals surface area contributed by atoms with Gasteiger partial charge in [0.25, 0.3) is 0 Å². The van der Waals surface area contributed by atoms with E-state index in [4.69, 9.17) is 28.4 Å². The Morgan fingerprint density at radius 3 is 2.34 bits per heavy atom. The molecule has 0 amide bonds. The Hall–Kier alpha value is -0.890. The van der Waals surface area contributed by atoms with E-state index in [1.807, 2.05) is 20.8 Å². The number of aliphatic hydroxyl groups is 3. The van der Waals surface area contributed by atoms with Gasteiger partial charge >= 0.3 is 5.97 Å². The zero-order valence-electron chi connectivity index (χ0n) is 30.0. The first-order chi connectivity index (χ1) is 22.0. The molecule has 5 saturated heterocycles. The van der Waals surface area contributed by atoms with E-state index < -0.39 is 59.6 Å². The Morgan fingerprint density at radius 2 is 1.72 bits per heavy atom. The van der Waals surface area contributed by atoms with Gasteiger partial charge in [-0.2, -0.15) is 0 Å². The molecule has 5 aliphatic heterocycles. The van der Waals surface area contributed by atoms with E-state index in [9.17, 15) is 25.2 Å². The van der Waals surface area contributed by atoms with Crippen LogP contribution < -0.4 is 0 Å². The number of carboxylic acid groups (broad SMARTS) is 1. The summed E-state index contributed by atoms with van der Waals surface area (Å²) in [5, 5.41) is 41.8. The van der Waals surface area contributed by atoms with Gasteiger partial charge in [-0.05, 0) is 64.2 Å². The molecule has 0 aliphatic carbocycles. The largest absolute Gasteiger partial charge is 0.481 e. The summed E-state index contributed by atoms with van der Waals surface area (Å²) < 4.78 is 39.4. The van der Waals surface area contributed by atoms with Gasteiger partial charge in [-0.3, -0.25) is 4.79 Å². The van der Waals surface area contributed by atoms with Crippen molar-refractivity contribution in [3.05, 3.63) is 0 Å². The van der Waals surface area contributed by atoms with Crippen molar-refractivity contribution in [2.75, 3.05) is 13.7 Å². The first kappa shape index (κ1) is 37.4. The van der Waals surface area contributed by atoms with Crippen LogP contribution in [0.3, 0.4) is 0 Å². The van der Waals surface area contributed by atoms with Crippen LogP contribution in [0.1, 0.15) is 107 Å². The Kier molecular flexibility index (Phi) is 10.9. The molecule has 5 fully saturated rings. The molecule has 0 aromatic rings. The van der Waals surface area contributed by atoms with Crippen LogP contribution in [0.15, 0.2) is 0 Å². The molecule has 11 heteroatoms. The highest BCUT2D eigenvalue weighted by atomic mass is 16.7. The lowest BCUT2D eigenvalue weighted by molar-refractivity contribution is -0.336. The van der Waals surface area contributed by atoms with Gasteiger partial charge in [-0.15, -0.1) is 0 Å². The third-order valence-electron chi connectivity index (χ3n) is 13.0. The van der Waals surface area contributed by atoms with Gasteiger partial charge in [0.05, 0.1) is 66.5 Å². The van der Waals surface area contributed by atoms with Crippen molar-refractivity contribution in [1.29, 1.82) is 0 Å². The molecule has 1 spiro atoms. The molecule has 17 atom stereocenters. The molecule has 272 valence electrons. The molecule has 0 radical (unpaired) electrons. The number of aliphatic hydroxyl groups excluding tert-OH is 2. The first-order valence-electron chi connectivity index (χ1n) is 18.1. The molecular weight excluding hydrogens is 608 g/mol. The van der Waals surface area contributed by atoms with Crippen LogP contribution in [0, 0.1) is 35.5 Å². The number of carboxylic acids is 1. The number of hydrogen-bond donors (Lipinski definition) is 4.